The van der Waals surface area contributed by atoms with Crippen molar-refractivity contribution in [2.75, 3.05) is 25.1 Å². The summed E-state index contributed by atoms with van der Waals surface area (Å²) < 4.78 is 17.8. The van der Waals surface area contributed by atoms with E-state index in [1.807, 2.05) is 19.9 Å². The number of fused-ring (bicyclic) bond motifs is 3. The van der Waals surface area contributed by atoms with Crippen molar-refractivity contribution in [2.45, 2.75) is 45.8 Å². The molecule has 0 aliphatic carbocycles. The van der Waals surface area contributed by atoms with Gasteiger partial charge in [0.2, 0.25) is 0 Å². The summed E-state index contributed by atoms with van der Waals surface area (Å²) in [5.41, 5.74) is 4.78. The fraction of sp³-hybridized carbons (Fsp3) is 0.478. The van der Waals surface area contributed by atoms with Crippen LogP contribution in [0.1, 0.15) is 55.5 Å². The van der Waals surface area contributed by atoms with Gasteiger partial charge in [-0.05, 0) is 57.4 Å². The lowest BCUT2D eigenvalue weighted by Gasteiger charge is -2.43. The molecular formula is C23H28ClNO3. The Morgan fingerprint density at radius 2 is 1.96 bits per heavy atom. The zero-order valence-corrected chi connectivity index (χ0v) is 17.5. The highest BCUT2D eigenvalue weighted by atomic mass is 35.5. The minimum atomic E-state index is 0.107. The molecule has 1 N–H and O–H groups in total. The van der Waals surface area contributed by atoms with Crippen molar-refractivity contribution < 1.29 is 14.2 Å². The third-order valence-corrected chi connectivity index (χ3v) is 5.88. The summed E-state index contributed by atoms with van der Waals surface area (Å²) >= 11 is 6.60. The van der Waals surface area contributed by atoms with Gasteiger partial charge in [-0.15, -0.1) is 0 Å². The quantitative estimate of drug-likeness (QED) is 0.658. The maximum Gasteiger partial charge on any atom is 0.179 e. The molecule has 1 saturated heterocycles. The molecule has 0 amide bonds. The average Bonchev–Trinajstić information content (AvgIpc) is 2.70. The number of ether oxygens (including phenoxy) is 3. The lowest BCUT2D eigenvalue weighted by molar-refractivity contribution is -0.0381. The Morgan fingerprint density at radius 1 is 1.14 bits per heavy atom. The lowest BCUT2D eigenvalue weighted by atomic mass is 9.77. The zero-order chi connectivity index (χ0) is 19.7. The molecular weight excluding hydrogens is 374 g/mol. The molecule has 4 nitrogen and oxygen atoms in total. The molecule has 1 fully saturated rings. The van der Waals surface area contributed by atoms with Crippen LogP contribution in [0.3, 0.4) is 0 Å². The number of hydrogen-bond donors (Lipinski definition) is 1. The van der Waals surface area contributed by atoms with E-state index in [9.17, 15) is 0 Å². The van der Waals surface area contributed by atoms with Gasteiger partial charge in [0.1, 0.15) is 0 Å². The molecule has 3 atom stereocenters. The number of nitrogens with one attached hydrogen (secondary N) is 1. The highest BCUT2D eigenvalue weighted by Gasteiger charge is 2.40. The minimum Gasteiger partial charge on any atom is -0.490 e. The Morgan fingerprint density at radius 3 is 2.75 bits per heavy atom. The third-order valence-electron chi connectivity index (χ3n) is 5.60. The number of hydrogen-bond acceptors (Lipinski definition) is 4. The van der Waals surface area contributed by atoms with Crippen molar-refractivity contribution in [3.05, 3.63) is 52.0 Å². The molecule has 2 aromatic carbocycles. The number of benzene rings is 2. The molecule has 2 aliphatic heterocycles. The number of rotatable bonds is 5. The van der Waals surface area contributed by atoms with Gasteiger partial charge in [-0.25, -0.2) is 0 Å². The SMILES string of the molecule is CCOc1cc(C2Nc3ccc(C)cc3[C@H]3OCCC[C@@H]23)cc(Cl)c1OCC. The lowest BCUT2D eigenvalue weighted by Crippen LogP contribution is -2.36. The van der Waals surface area contributed by atoms with Crippen molar-refractivity contribution in [1.29, 1.82) is 0 Å². The molecule has 2 aliphatic rings. The Hall–Kier alpha value is -1.91. The van der Waals surface area contributed by atoms with Crippen LogP contribution in [0.25, 0.3) is 0 Å². The van der Waals surface area contributed by atoms with E-state index in [0.717, 1.165) is 30.7 Å². The van der Waals surface area contributed by atoms with Crippen LogP contribution in [0.4, 0.5) is 5.69 Å². The van der Waals surface area contributed by atoms with E-state index < -0.39 is 0 Å². The molecule has 0 radical (unpaired) electrons. The molecule has 5 heteroatoms. The monoisotopic (exact) mass is 401 g/mol. The summed E-state index contributed by atoms with van der Waals surface area (Å²) in [6.07, 6.45) is 2.30. The van der Waals surface area contributed by atoms with Gasteiger partial charge in [0.15, 0.2) is 11.5 Å². The Balaban J connectivity index is 1.76. The van der Waals surface area contributed by atoms with E-state index in [1.54, 1.807) is 0 Å². The van der Waals surface area contributed by atoms with Crippen molar-refractivity contribution in [2.24, 2.45) is 5.92 Å². The molecule has 2 aromatic rings. The fourth-order valence-corrected chi connectivity index (χ4v) is 4.71. The molecule has 0 spiro atoms. The van der Waals surface area contributed by atoms with Crippen LogP contribution in [0.5, 0.6) is 11.5 Å². The van der Waals surface area contributed by atoms with Gasteiger partial charge in [0.05, 0.1) is 30.4 Å². The van der Waals surface area contributed by atoms with E-state index in [-0.39, 0.29) is 12.1 Å². The Kier molecular flexibility index (Phi) is 5.70. The van der Waals surface area contributed by atoms with Crippen molar-refractivity contribution in [3.63, 3.8) is 0 Å². The Bertz CT molecular complexity index is 854. The van der Waals surface area contributed by atoms with Gasteiger partial charge >= 0.3 is 0 Å². The van der Waals surface area contributed by atoms with Crippen molar-refractivity contribution in [1.82, 2.24) is 0 Å². The third kappa shape index (κ3) is 3.56. The predicted molar refractivity (Wildman–Crippen MR) is 113 cm³/mol. The van der Waals surface area contributed by atoms with Crippen molar-refractivity contribution >= 4 is 17.3 Å². The fourth-order valence-electron chi connectivity index (χ4n) is 4.44. The van der Waals surface area contributed by atoms with E-state index in [4.69, 9.17) is 25.8 Å². The highest BCUT2D eigenvalue weighted by Crippen LogP contribution is 2.50. The number of halogens is 1. The minimum absolute atomic E-state index is 0.107. The molecule has 1 unspecified atom stereocenters. The van der Waals surface area contributed by atoms with E-state index in [0.29, 0.717) is 35.7 Å². The van der Waals surface area contributed by atoms with Crippen molar-refractivity contribution in [3.8, 4) is 11.5 Å². The first kappa shape index (κ1) is 19.4. The molecule has 28 heavy (non-hydrogen) atoms. The number of anilines is 1. The zero-order valence-electron chi connectivity index (χ0n) is 16.8. The maximum absolute atomic E-state index is 6.60. The summed E-state index contributed by atoms with van der Waals surface area (Å²) in [5.74, 6) is 1.68. The first-order chi connectivity index (χ1) is 13.6. The van der Waals surface area contributed by atoms with E-state index >= 15 is 0 Å². The van der Waals surface area contributed by atoms with Crippen LogP contribution in [0.15, 0.2) is 30.3 Å². The first-order valence-corrected chi connectivity index (χ1v) is 10.6. The van der Waals surface area contributed by atoms with Gasteiger partial charge in [0.25, 0.3) is 0 Å². The molecule has 4 rings (SSSR count). The second kappa shape index (κ2) is 8.22. The molecule has 0 aromatic heterocycles. The highest BCUT2D eigenvalue weighted by molar-refractivity contribution is 6.32. The topological polar surface area (TPSA) is 39.7 Å². The first-order valence-electron chi connectivity index (χ1n) is 10.2. The molecule has 2 heterocycles. The second-order valence-electron chi connectivity index (χ2n) is 7.51. The summed E-state index contributed by atoms with van der Waals surface area (Å²) in [7, 11) is 0. The number of aryl methyl sites for hydroxylation is 1. The predicted octanol–water partition coefficient (Wildman–Crippen LogP) is 6.08. The summed E-state index contributed by atoms with van der Waals surface area (Å²) in [6, 6.07) is 10.8. The molecule has 150 valence electrons. The molecule has 0 saturated carbocycles. The van der Waals surface area contributed by atoms with Gasteiger partial charge in [0, 0.05) is 23.8 Å². The normalized spacial score (nSPS) is 23.4. The smallest absolute Gasteiger partial charge is 0.179 e. The standard InChI is InChI=1S/C23H28ClNO3/c1-4-26-20-13-15(12-18(24)23(20)27-5-2)21-16-7-6-10-28-22(16)17-11-14(3)8-9-19(17)25-21/h8-9,11-13,16,21-22,25H,4-7,10H2,1-3H3/t16-,21?,22-/m0/s1. The second-order valence-corrected chi connectivity index (χ2v) is 7.91. The van der Waals surface area contributed by atoms with Gasteiger partial charge in [-0.3, -0.25) is 0 Å². The van der Waals surface area contributed by atoms with Crippen LogP contribution < -0.4 is 14.8 Å². The van der Waals surface area contributed by atoms with Gasteiger partial charge < -0.3 is 19.5 Å². The average molecular weight is 402 g/mol. The molecule has 0 bridgehead atoms. The largest absolute Gasteiger partial charge is 0.490 e. The van der Waals surface area contributed by atoms with E-state index in [1.165, 1.54) is 11.1 Å². The van der Waals surface area contributed by atoms with Crippen LogP contribution in [0.2, 0.25) is 5.02 Å². The van der Waals surface area contributed by atoms with E-state index in [2.05, 4.69) is 36.5 Å². The summed E-state index contributed by atoms with van der Waals surface area (Å²) in [6.45, 7) is 7.98. The van der Waals surface area contributed by atoms with Crippen LogP contribution >= 0.6 is 11.6 Å². The van der Waals surface area contributed by atoms with Crippen LogP contribution in [-0.4, -0.2) is 19.8 Å². The summed E-state index contributed by atoms with van der Waals surface area (Å²) in [5, 5.41) is 4.34. The van der Waals surface area contributed by atoms with Gasteiger partial charge in [-0.1, -0.05) is 29.3 Å². The Labute approximate surface area is 172 Å². The van der Waals surface area contributed by atoms with Crippen LogP contribution in [0, 0.1) is 12.8 Å². The summed E-state index contributed by atoms with van der Waals surface area (Å²) in [4.78, 5) is 0. The van der Waals surface area contributed by atoms with Crippen LogP contribution in [-0.2, 0) is 4.74 Å². The maximum atomic E-state index is 6.60. The van der Waals surface area contributed by atoms with Gasteiger partial charge in [-0.2, -0.15) is 0 Å².